The first-order chi connectivity index (χ1) is 9.99. The number of aromatic nitrogens is 1. The molecule has 1 aromatic heterocycles. The van der Waals surface area contributed by atoms with E-state index >= 15 is 0 Å². The summed E-state index contributed by atoms with van der Waals surface area (Å²) in [4.78, 5) is 14.9. The molecule has 0 amide bonds. The second-order valence-electron chi connectivity index (χ2n) is 5.92. The van der Waals surface area contributed by atoms with E-state index in [-0.39, 0.29) is 5.56 Å². The maximum Gasteiger partial charge on any atom is 0.258 e. The van der Waals surface area contributed by atoms with Crippen LogP contribution in [0.15, 0.2) is 35.1 Å². The molecule has 21 heavy (non-hydrogen) atoms. The molecule has 3 rings (SSSR count). The van der Waals surface area contributed by atoms with Crippen LogP contribution in [-0.4, -0.2) is 30.1 Å². The quantitative estimate of drug-likeness (QED) is 0.734. The summed E-state index contributed by atoms with van der Waals surface area (Å²) in [5.74, 6) is 0. The number of nitrogens with zero attached hydrogens (tertiary/aromatic N) is 2. The molecule has 2 aromatic carbocycles. The lowest BCUT2D eigenvalue weighted by molar-refractivity contribution is 0.379. The molecule has 0 fully saturated rings. The van der Waals surface area contributed by atoms with E-state index in [4.69, 9.17) is 0 Å². The third-order valence-electron chi connectivity index (χ3n) is 4.00. The molecule has 0 saturated carbocycles. The molecule has 108 valence electrons. The SMILES string of the molecule is C=c1c2cccc3cc(C)cc(c(=O)n1CCN(C)C)c32. The van der Waals surface area contributed by atoms with Crippen molar-refractivity contribution >= 4 is 28.1 Å². The lowest BCUT2D eigenvalue weighted by Gasteiger charge is -2.15. The summed E-state index contributed by atoms with van der Waals surface area (Å²) in [6.45, 7) is 7.67. The van der Waals surface area contributed by atoms with Gasteiger partial charge in [0.1, 0.15) is 0 Å². The Hall–Kier alpha value is -2.13. The Kier molecular flexibility index (Phi) is 3.30. The maximum absolute atomic E-state index is 12.8. The second-order valence-corrected chi connectivity index (χ2v) is 5.92. The minimum atomic E-state index is 0.0641. The van der Waals surface area contributed by atoms with Gasteiger partial charge in [-0.3, -0.25) is 4.79 Å². The zero-order valence-corrected chi connectivity index (χ0v) is 12.8. The fourth-order valence-electron chi connectivity index (χ4n) is 2.94. The molecule has 0 bridgehead atoms. The highest BCUT2D eigenvalue weighted by Gasteiger charge is 2.11. The number of likely N-dealkylation sites (N-methyl/N-ethyl adjacent to an activating group) is 1. The molecule has 0 atom stereocenters. The zero-order chi connectivity index (χ0) is 15.1. The highest BCUT2D eigenvalue weighted by Crippen LogP contribution is 2.23. The molecule has 3 nitrogen and oxygen atoms in total. The van der Waals surface area contributed by atoms with Crippen LogP contribution in [0.4, 0.5) is 0 Å². The Labute approximate surface area is 124 Å². The van der Waals surface area contributed by atoms with Crippen LogP contribution in [0.1, 0.15) is 5.56 Å². The van der Waals surface area contributed by atoms with Gasteiger partial charge in [0.05, 0.1) is 0 Å². The van der Waals surface area contributed by atoms with Gasteiger partial charge in [-0.1, -0.05) is 30.8 Å². The summed E-state index contributed by atoms with van der Waals surface area (Å²) in [5.41, 5.74) is 1.18. The van der Waals surface area contributed by atoms with Gasteiger partial charge in [0.2, 0.25) is 0 Å². The highest BCUT2D eigenvalue weighted by atomic mass is 16.1. The topological polar surface area (TPSA) is 25.2 Å². The molecule has 0 aliphatic carbocycles. The molecule has 3 aromatic rings. The van der Waals surface area contributed by atoms with Crippen LogP contribution < -0.4 is 10.9 Å². The minimum absolute atomic E-state index is 0.0641. The van der Waals surface area contributed by atoms with E-state index in [2.05, 4.69) is 29.7 Å². The van der Waals surface area contributed by atoms with Gasteiger partial charge in [-0.15, -0.1) is 0 Å². The average molecular weight is 280 g/mol. The maximum atomic E-state index is 12.8. The first-order valence-corrected chi connectivity index (χ1v) is 7.18. The molecule has 0 aliphatic heterocycles. The van der Waals surface area contributed by atoms with Gasteiger partial charge in [-0.25, -0.2) is 0 Å². The van der Waals surface area contributed by atoms with Crippen molar-refractivity contribution in [2.45, 2.75) is 13.5 Å². The number of benzene rings is 2. The third kappa shape index (κ3) is 2.24. The Balaban J connectivity index is 2.41. The number of hydrogen-bond acceptors (Lipinski definition) is 2. The zero-order valence-electron chi connectivity index (χ0n) is 12.8. The standard InChI is InChI=1S/C18H20N2O/c1-12-10-14-6-5-7-15-13(2)20(9-8-19(3)4)18(21)16(11-12)17(14)15/h5-7,10-11H,2,8-9H2,1,3-4H3. The summed E-state index contributed by atoms with van der Waals surface area (Å²) in [7, 11) is 4.02. The fourth-order valence-corrected chi connectivity index (χ4v) is 2.94. The van der Waals surface area contributed by atoms with Gasteiger partial charge in [-0.05, 0) is 38.0 Å². The van der Waals surface area contributed by atoms with E-state index in [9.17, 15) is 4.79 Å². The van der Waals surface area contributed by atoms with E-state index in [0.29, 0.717) is 6.54 Å². The molecule has 0 radical (unpaired) electrons. The number of pyridine rings is 1. The van der Waals surface area contributed by atoms with Crippen molar-refractivity contribution in [3.63, 3.8) is 0 Å². The summed E-state index contributed by atoms with van der Waals surface area (Å²) >= 11 is 0. The Morgan fingerprint density at radius 3 is 2.67 bits per heavy atom. The highest BCUT2D eigenvalue weighted by molar-refractivity contribution is 6.09. The first-order valence-electron chi connectivity index (χ1n) is 7.18. The smallest absolute Gasteiger partial charge is 0.258 e. The van der Waals surface area contributed by atoms with Crippen molar-refractivity contribution < 1.29 is 0 Å². The molecule has 0 saturated heterocycles. The lowest BCUT2D eigenvalue weighted by atomic mass is 10.00. The van der Waals surface area contributed by atoms with Crippen LogP contribution >= 0.6 is 0 Å². The number of hydrogen-bond donors (Lipinski definition) is 0. The molecule has 0 aliphatic rings. The summed E-state index contributed by atoms with van der Waals surface area (Å²) in [5, 5.41) is 4.83. The summed E-state index contributed by atoms with van der Waals surface area (Å²) in [6, 6.07) is 10.3. The van der Waals surface area contributed by atoms with Crippen molar-refractivity contribution in [1.29, 1.82) is 0 Å². The number of aryl methyl sites for hydroxylation is 1. The predicted molar refractivity (Wildman–Crippen MR) is 89.7 cm³/mol. The van der Waals surface area contributed by atoms with Crippen molar-refractivity contribution in [1.82, 2.24) is 9.47 Å². The van der Waals surface area contributed by atoms with Crippen LogP contribution in [0.2, 0.25) is 0 Å². The molecule has 3 heteroatoms. The fraction of sp³-hybridized carbons (Fsp3) is 0.278. The van der Waals surface area contributed by atoms with Gasteiger partial charge >= 0.3 is 0 Å². The number of rotatable bonds is 3. The van der Waals surface area contributed by atoms with Gasteiger partial charge in [0, 0.05) is 34.6 Å². The second kappa shape index (κ2) is 5.01. The van der Waals surface area contributed by atoms with E-state index in [1.165, 1.54) is 0 Å². The van der Waals surface area contributed by atoms with Gasteiger partial charge in [-0.2, -0.15) is 0 Å². The van der Waals surface area contributed by atoms with E-state index in [0.717, 1.165) is 39.0 Å². The average Bonchev–Trinajstić information content (AvgIpc) is 2.43. The molecule has 0 spiro atoms. The van der Waals surface area contributed by atoms with E-state index in [1.807, 2.05) is 33.2 Å². The molecule has 0 N–H and O–H groups in total. The minimum Gasteiger partial charge on any atom is -0.308 e. The Bertz CT molecular complexity index is 922. The van der Waals surface area contributed by atoms with Crippen molar-refractivity contribution in [2.75, 3.05) is 20.6 Å². The molecular formula is C18H20N2O. The van der Waals surface area contributed by atoms with Crippen LogP contribution in [-0.2, 0) is 6.54 Å². The summed E-state index contributed by atoms with van der Waals surface area (Å²) < 4.78 is 1.80. The Morgan fingerprint density at radius 2 is 1.95 bits per heavy atom. The van der Waals surface area contributed by atoms with Crippen LogP contribution in [0.3, 0.4) is 0 Å². The third-order valence-corrected chi connectivity index (χ3v) is 4.00. The van der Waals surface area contributed by atoms with Crippen LogP contribution in [0, 0.1) is 6.92 Å². The first kappa shape index (κ1) is 13.8. The monoisotopic (exact) mass is 280 g/mol. The van der Waals surface area contributed by atoms with Gasteiger partial charge < -0.3 is 9.47 Å². The van der Waals surface area contributed by atoms with Gasteiger partial charge in [0.15, 0.2) is 0 Å². The van der Waals surface area contributed by atoms with Crippen LogP contribution in [0.5, 0.6) is 0 Å². The lowest BCUT2D eigenvalue weighted by Crippen LogP contribution is -2.36. The molecule has 1 heterocycles. The predicted octanol–water partition coefficient (Wildman–Crippen LogP) is 2.15. The van der Waals surface area contributed by atoms with Gasteiger partial charge in [0.25, 0.3) is 5.56 Å². The van der Waals surface area contributed by atoms with Crippen molar-refractivity contribution in [3.05, 3.63) is 51.6 Å². The Morgan fingerprint density at radius 1 is 1.19 bits per heavy atom. The normalized spacial score (nSPS) is 11.8. The molecule has 0 unspecified atom stereocenters. The summed E-state index contributed by atoms with van der Waals surface area (Å²) in [6.07, 6.45) is 0. The van der Waals surface area contributed by atoms with Crippen molar-refractivity contribution in [2.24, 2.45) is 0 Å². The van der Waals surface area contributed by atoms with E-state index < -0.39 is 0 Å². The van der Waals surface area contributed by atoms with E-state index in [1.54, 1.807) is 4.57 Å². The van der Waals surface area contributed by atoms with Crippen LogP contribution in [0.25, 0.3) is 28.1 Å². The molecular weight excluding hydrogens is 260 g/mol. The van der Waals surface area contributed by atoms with Crippen molar-refractivity contribution in [3.8, 4) is 0 Å². The largest absolute Gasteiger partial charge is 0.308 e.